The molecular formula is C24H19F2N5OS. The van der Waals surface area contributed by atoms with E-state index in [0.717, 1.165) is 5.56 Å². The van der Waals surface area contributed by atoms with Crippen LogP contribution in [0.15, 0.2) is 84.3 Å². The number of hydrogen-bond acceptors (Lipinski definition) is 5. The lowest BCUT2D eigenvalue weighted by Crippen LogP contribution is -2.22. The van der Waals surface area contributed by atoms with Crippen molar-refractivity contribution in [2.24, 2.45) is 0 Å². The van der Waals surface area contributed by atoms with Gasteiger partial charge in [0, 0.05) is 29.9 Å². The Bertz CT molecular complexity index is 1260. The highest BCUT2D eigenvalue weighted by Crippen LogP contribution is 2.25. The highest BCUT2D eigenvalue weighted by atomic mass is 32.2. The standard InChI is InChI=1S/C24H19F2N5OS/c25-19-5-7-21(8-6-19)31-22(29-30-24(31)33-16-18-10-12-27-13-11-18)15-28-23(32)9-4-17-2-1-3-20(26)14-17/h1-14H,15-16H2,(H,28,32). The average molecular weight is 464 g/mol. The molecule has 2 aromatic heterocycles. The van der Waals surface area contributed by atoms with Crippen molar-refractivity contribution in [2.75, 3.05) is 0 Å². The first-order chi connectivity index (χ1) is 16.1. The first-order valence-corrected chi connectivity index (χ1v) is 11.0. The second kappa shape index (κ2) is 10.6. The Morgan fingerprint density at radius 3 is 2.55 bits per heavy atom. The molecular weight excluding hydrogens is 444 g/mol. The van der Waals surface area contributed by atoms with Crippen molar-refractivity contribution in [2.45, 2.75) is 17.5 Å². The summed E-state index contributed by atoms with van der Waals surface area (Å²) in [7, 11) is 0. The molecule has 1 N–H and O–H groups in total. The third-order valence-corrected chi connectivity index (χ3v) is 5.60. The molecule has 166 valence electrons. The molecule has 0 atom stereocenters. The summed E-state index contributed by atoms with van der Waals surface area (Å²) in [4.78, 5) is 16.3. The van der Waals surface area contributed by atoms with Crippen LogP contribution in [0.3, 0.4) is 0 Å². The summed E-state index contributed by atoms with van der Waals surface area (Å²) in [6.07, 6.45) is 6.30. The lowest BCUT2D eigenvalue weighted by molar-refractivity contribution is -0.116. The van der Waals surface area contributed by atoms with Gasteiger partial charge in [-0.05, 0) is 65.7 Å². The van der Waals surface area contributed by atoms with Crippen LogP contribution < -0.4 is 5.32 Å². The molecule has 0 fully saturated rings. The number of benzene rings is 2. The van der Waals surface area contributed by atoms with Gasteiger partial charge in [0.1, 0.15) is 11.6 Å². The Kier molecular flexibility index (Phi) is 7.21. The van der Waals surface area contributed by atoms with Crippen molar-refractivity contribution in [1.29, 1.82) is 0 Å². The minimum atomic E-state index is -0.373. The van der Waals surface area contributed by atoms with Crippen molar-refractivity contribution in [3.63, 3.8) is 0 Å². The van der Waals surface area contributed by atoms with E-state index in [0.29, 0.717) is 28.0 Å². The van der Waals surface area contributed by atoms with E-state index < -0.39 is 0 Å². The van der Waals surface area contributed by atoms with Crippen LogP contribution in [0.5, 0.6) is 0 Å². The molecule has 0 unspecified atom stereocenters. The van der Waals surface area contributed by atoms with E-state index in [1.807, 2.05) is 12.1 Å². The summed E-state index contributed by atoms with van der Waals surface area (Å²) in [5, 5.41) is 11.9. The highest BCUT2D eigenvalue weighted by Gasteiger charge is 2.15. The molecule has 0 radical (unpaired) electrons. The lowest BCUT2D eigenvalue weighted by Gasteiger charge is -2.10. The van der Waals surface area contributed by atoms with Gasteiger partial charge in [-0.25, -0.2) is 8.78 Å². The maximum atomic E-state index is 13.5. The monoisotopic (exact) mass is 463 g/mol. The van der Waals surface area contributed by atoms with Gasteiger partial charge in [0.05, 0.1) is 6.54 Å². The van der Waals surface area contributed by atoms with Crippen molar-refractivity contribution >= 4 is 23.7 Å². The number of carbonyl (C=O) groups is 1. The maximum Gasteiger partial charge on any atom is 0.244 e. The van der Waals surface area contributed by atoms with Gasteiger partial charge in [0.15, 0.2) is 11.0 Å². The molecule has 1 amide bonds. The zero-order chi connectivity index (χ0) is 23.0. The molecule has 6 nitrogen and oxygen atoms in total. The number of pyridine rings is 1. The second-order valence-electron chi connectivity index (χ2n) is 6.96. The maximum absolute atomic E-state index is 13.5. The molecule has 4 rings (SSSR count). The van der Waals surface area contributed by atoms with Crippen LogP contribution in [-0.2, 0) is 17.1 Å². The molecule has 0 aliphatic carbocycles. The van der Waals surface area contributed by atoms with E-state index in [9.17, 15) is 13.6 Å². The predicted octanol–water partition coefficient (Wildman–Crippen LogP) is 4.56. The summed E-state index contributed by atoms with van der Waals surface area (Å²) in [6, 6.07) is 15.7. The van der Waals surface area contributed by atoms with Crippen molar-refractivity contribution < 1.29 is 13.6 Å². The van der Waals surface area contributed by atoms with Crippen LogP contribution in [-0.4, -0.2) is 25.7 Å². The van der Waals surface area contributed by atoms with Gasteiger partial charge in [0.25, 0.3) is 0 Å². The summed E-state index contributed by atoms with van der Waals surface area (Å²) in [6.45, 7) is 0.104. The SMILES string of the molecule is O=C(C=Cc1cccc(F)c1)NCc1nnc(SCc2ccncc2)n1-c1ccc(F)cc1. The summed E-state index contributed by atoms with van der Waals surface area (Å²) < 4.78 is 28.5. The summed E-state index contributed by atoms with van der Waals surface area (Å²) >= 11 is 1.47. The fourth-order valence-corrected chi connectivity index (χ4v) is 3.92. The van der Waals surface area contributed by atoms with E-state index in [-0.39, 0.29) is 24.1 Å². The van der Waals surface area contributed by atoms with Crippen LogP contribution in [0.25, 0.3) is 11.8 Å². The van der Waals surface area contributed by atoms with Gasteiger partial charge < -0.3 is 5.32 Å². The minimum absolute atomic E-state index is 0.104. The number of hydrogen-bond donors (Lipinski definition) is 1. The number of amides is 1. The third-order valence-electron chi connectivity index (χ3n) is 4.60. The fourth-order valence-electron chi connectivity index (χ4n) is 2.99. The molecule has 0 spiro atoms. The lowest BCUT2D eigenvalue weighted by atomic mass is 10.2. The first-order valence-electron chi connectivity index (χ1n) is 10.0. The van der Waals surface area contributed by atoms with Gasteiger partial charge in [0.2, 0.25) is 5.91 Å². The van der Waals surface area contributed by atoms with Crippen LogP contribution in [0.2, 0.25) is 0 Å². The number of carbonyl (C=O) groups excluding carboxylic acids is 1. The Hall–Kier alpha value is -3.85. The largest absolute Gasteiger partial charge is 0.345 e. The molecule has 4 aromatic rings. The van der Waals surface area contributed by atoms with E-state index >= 15 is 0 Å². The normalized spacial score (nSPS) is 11.1. The molecule has 2 aromatic carbocycles. The highest BCUT2D eigenvalue weighted by molar-refractivity contribution is 7.98. The Morgan fingerprint density at radius 2 is 1.79 bits per heavy atom. The smallest absolute Gasteiger partial charge is 0.244 e. The van der Waals surface area contributed by atoms with E-state index in [2.05, 4.69) is 20.5 Å². The predicted molar refractivity (Wildman–Crippen MR) is 122 cm³/mol. The van der Waals surface area contributed by atoms with Gasteiger partial charge in [-0.3, -0.25) is 14.3 Å². The molecule has 0 aliphatic heterocycles. The van der Waals surface area contributed by atoms with E-state index in [1.54, 1.807) is 41.2 Å². The number of nitrogens with one attached hydrogen (secondary N) is 1. The molecule has 0 saturated carbocycles. The molecule has 0 aliphatic rings. The molecule has 0 saturated heterocycles. The van der Waals surface area contributed by atoms with Crippen molar-refractivity contribution in [3.05, 3.63) is 108 Å². The fraction of sp³-hybridized carbons (Fsp3) is 0.0833. The zero-order valence-electron chi connectivity index (χ0n) is 17.4. The van der Waals surface area contributed by atoms with Gasteiger partial charge in [-0.1, -0.05) is 23.9 Å². The van der Waals surface area contributed by atoms with Gasteiger partial charge in [-0.2, -0.15) is 0 Å². The minimum Gasteiger partial charge on any atom is -0.345 e. The number of aromatic nitrogens is 4. The number of nitrogens with zero attached hydrogens (tertiary/aromatic N) is 4. The first kappa shape index (κ1) is 22.3. The molecule has 0 bridgehead atoms. The molecule has 2 heterocycles. The zero-order valence-corrected chi connectivity index (χ0v) is 18.2. The van der Waals surface area contributed by atoms with Crippen LogP contribution in [0, 0.1) is 11.6 Å². The topological polar surface area (TPSA) is 72.7 Å². The van der Waals surface area contributed by atoms with Crippen LogP contribution >= 0.6 is 11.8 Å². The average Bonchev–Trinajstić information content (AvgIpc) is 3.24. The van der Waals surface area contributed by atoms with E-state index in [1.165, 1.54) is 48.2 Å². The molecule has 9 heteroatoms. The van der Waals surface area contributed by atoms with Gasteiger partial charge in [-0.15, -0.1) is 10.2 Å². The summed E-state index contributed by atoms with van der Waals surface area (Å²) in [5.41, 5.74) is 2.33. The van der Waals surface area contributed by atoms with Crippen molar-refractivity contribution in [1.82, 2.24) is 25.1 Å². The van der Waals surface area contributed by atoms with Crippen LogP contribution in [0.4, 0.5) is 8.78 Å². The Morgan fingerprint density at radius 1 is 1.00 bits per heavy atom. The van der Waals surface area contributed by atoms with Gasteiger partial charge >= 0.3 is 0 Å². The number of rotatable bonds is 8. The summed E-state index contributed by atoms with van der Waals surface area (Å²) in [5.74, 6) is 0.0482. The third kappa shape index (κ3) is 6.11. The number of thioether (sulfide) groups is 1. The van der Waals surface area contributed by atoms with E-state index in [4.69, 9.17) is 0 Å². The Balaban J connectivity index is 1.50. The number of halogens is 2. The Labute approximate surface area is 193 Å². The van der Waals surface area contributed by atoms with Crippen molar-refractivity contribution in [3.8, 4) is 5.69 Å². The van der Waals surface area contributed by atoms with Crippen LogP contribution in [0.1, 0.15) is 17.0 Å². The molecule has 33 heavy (non-hydrogen) atoms. The quantitative estimate of drug-likeness (QED) is 0.306. The second-order valence-corrected chi connectivity index (χ2v) is 7.90.